The fraction of sp³-hybridized carbons (Fsp3) is 0.333. The first-order valence-corrected chi connectivity index (χ1v) is 8.08. The lowest BCUT2D eigenvalue weighted by atomic mass is 9.91. The van der Waals surface area contributed by atoms with Crippen LogP contribution in [0.3, 0.4) is 0 Å². The third-order valence-electron chi connectivity index (χ3n) is 3.52. The van der Waals surface area contributed by atoms with E-state index >= 15 is 0 Å². The van der Waals surface area contributed by atoms with Gasteiger partial charge in [-0.1, -0.05) is 60.1 Å². The minimum atomic E-state index is -0.172. The van der Waals surface area contributed by atoms with Crippen LogP contribution in [0.25, 0.3) is 0 Å². The number of rotatable bonds is 6. The molecular weight excluding hydrogens is 329 g/mol. The largest absolute Gasteiger partial charge is 0.314 e. The Hall–Kier alpha value is -1.19. The van der Waals surface area contributed by atoms with Crippen LogP contribution >= 0.6 is 15.9 Å². The Balaban J connectivity index is 2.21. The van der Waals surface area contributed by atoms with Crippen molar-refractivity contribution >= 4 is 15.9 Å². The Morgan fingerprint density at radius 2 is 1.86 bits per heavy atom. The van der Waals surface area contributed by atoms with Crippen molar-refractivity contribution in [3.05, 3.63) is 69.9 Å². The van der Waals surface area contributed by atoms with Gasteiger partial charge in [-0.25, -0.2) is 4.39 Å². The van der Waals surface area contributed by atoms with Crippen LogP contribution in [0, 0.1) is 5.82 Å². The van der Waals surface area contributed by atoms with Crippen molar-refractivity contribution in [3.63, 3.8) is 0 Å². The lowest BCUT2D eigenvalue weighted by molar-refractivity contribution is 0.523. The standard InChI is InChI=1S/C18H21BrFN/c1-13(2)21-12-16(14-7-5-8-17(20)11-14)10-15-6-3-4-9-18(15)19/h3-9,11,13,16,21H,10,12H2,1-2H3. The van der Waals surface area contributed by atoms with Crippen molar-refractivity contribution in [1.82, 2.24) is 5.32 Å². The Labute approximate surface area is 134 Å². The second-order valence-corrected chi connectivity index (χ2v) is 6.46. The summed E-state index contributed by atoms with van der Waals surface area (Å²) in [5, 5.41) is 3.47. The van der Waals surface area contributed by atoms with Crippen LogP contribution in [-0.2, 0) is 6.42 Å². The van der Waals surface area contributed by atoms with Crippen LogP contribution in [0.4, 0.5) is 4.39 Å². The van der Waals surface area contributed by atoms with Crippen LogP contribution in [0.15, 0.2) is 53.0 Å². The second kappa shape index (κ2) is 7.71. The molecule has 0 aliphatic carbocycles. The van der Waals surface area contributed by atoms with Gasteiger partial charge in [-0.3, -0.25) is 0 Å². The molecule has 0 aliphatic heterocycles. The lowest BCUT2D eigenvalue weighted by Crippen LogP contribution is -2.29. The summed E-state index contributed by atoms with van der Waals surface area (Å²) in [6.45, 7) is 5.09. The SMILES string of the molecule is CC(C)NCC(Cc1ccccc1Br)c1cccc(F)c1. The molecule has 112 valence electrons. The van der Waals surface area contributed by atoms with Crippen molar-refractivity contribution < 1.29 is 4.39 Å². The molecule has 0 bridgehead atoms. The molecule has 0 fully saturated rings. The molecule has 1 nitrogen and oxygen atoms in total. The Kier molecular flexibility index (Phi) is 5.95. The van der Waals surface area contributed by atoms with E-state index in [0.29, 0.717) is 6.04 Å². The maximum absolute atomic E-state index is 13.5. The minimum Gasteiger partial charge on any atom is -0.314 e. The zero-order chi connectivity index (χ0) is 15.2. The smallest absolute Gasteiger partial charge is 0.123 e. The highest BCUT2D eigenvalue weighted by Crippen LogP contribution is 2.25. The van der Waals surface area contributed by atoms with Crippen molar-refractivity contribution in [3.8, 4) is 0 Å². The summed E-state index contributed by atoms with van der Waals surface area (Å²) in [5.74, 6) is 0.0796. The molecule has 0 spiro atoms. The summed E-state index contributed by atoms with van der Waals surface area (Å²) in [6.07, 6.45) is 0.880. The predicted octanol–water partition coefficient (Wildman–Crippen LogP) is 4.91. The molecule has 0 aromatic heterocycles. The van der Waals surface area contributed by atoms with Gasteiger partial charge in [-0.05, 0) is 35.7 Å². The Morgan fingerprint density at radius 1 is 1.10 bits per heavy atom. The van der Waals surface area contributed by atoms with Gasteiger partial charge in [0.2, 0.25) is 0 Å². The molecular formula is C18H21BrFN. The zero-order valence-electron chi connectivity index (χ0n) is 12.4. The van der Waals surface area contributed by atoms with Gasteiger partial charge in [-0.15, -0.1) is 0 Å². The zero-order valence-corrected chi connectivity index (χ0v) is 14.0. The predicted molar refractivity (Wildman–Crippen MR) is 90.1 cm³/mol. The van der Waals surface area contributed by atoms with E-state index in [9.17, 15) is 4.39 Å². The van der Waals surface area contributed by atoms with Crippen LogP contribution in [0.1, 0.15) is 30.9 Å². The fourth-order valence-corrected chi connectivity index (χ4v) is 2.82. The normalized spacial score (nSPS) is 12.6. The van der Waals surface area contributed by atoms with Crippen molar-refractivity contribution in [1.29, 1.82) is 0 Å². The summed E-state index contributed by atoms with van der Waals surface area (Å²) in [5.41, 5.74) is 2.29. The average Bonchev–Trinajstić information content (AvgIpc) is 2.45. The molecule has 0 saturated heterocycles. The van der Waals surface area contributed by atoms with Crippen LogP contribution < -0.4 is 5.32 Å². The van der Waals surface area contributed by atoms with Gasteiger partial charge >= 0.3 is 0 Å². The maximum atomic E-state index is 13.5. The number of halogens is 2. The molecule has 0 aliphatic rings. The highest BCUT2D eigenvalue weighted by Gasteiger charge is 2.15. The molecule has 21 heavy (non-hydrogen) atoms. The second-order valence-electron chi connectivity index (χ2n) is 5.61. The number of benzene rings is 2. The van der Waals surface area contributed by atoms with Gasteiger partial charge in [0.25, 0.3) is 0 Å². The highest BCUT2D eigenvalue weighted by molar-refractivity contribution is 9.10. The summed E-state index contributed by atoms with van der Waals surface area (Å²) in [7, 11) is 0. The van der Waals surface area contributed by atoms with Crippen molar-refractivity contribution in [2.24, 2.45) is 0 Å². The number of hydrogen-bond acceptors (Lipinski definition) is 1. The first-order chi connectivity index (χ1) is 10.1. The lowest BCUT2D eigenvalue weighted by Gasteiger charge is -2.20. The third kappa shape index (κ3) is 4.94. The first-order valence-electron chi connectivity index (χ1n) is 7.28. The summed E-state index contributed by atoms with van der Waals surface area (Å²) in [6, 6.07) is 15.6. The molecule has 0 saturated carbocycles. The number of hydrogen-bond donors (Lipinski definition) is 1. The Bertz CT molecular complexity index is 583. The minimum absolute atomic E-state index is 0.172. The van der Waals surface area contributed by atoms with Gasteiger partial charge in [0.1, 0.15) is 5.82 Å². The van der Waals surface area contributed by atoms with Crippen molar-refractivity contribution in [2.45, 2.75) is 32.2 Å². The summed E-state index contributed by atoms with van der Waals surface area (Å²) < 4.78 is 14.6. The molecule has 0 heterocycles. The van der Waals surface area contributed by atoms with E-state index in [-0.39, 0.29) is 11.7 Å². The number of nitrogens with one attached hydrogen (secondary N) is 1. The van der Waals surface area contributed by atoms with E-state index in [2.05, 4.69) is 41.2 Å². The van der Waals surface area contributed by atoms with E-state index in [4.69, 9.17) is 0 Å². The van der Waals surface area contributed by atoms with Crippen LogP contribution in [0.2, 0.25) is 0 Å². The van der Waals surface area contributed by atoms with E-state index in [0.717, 1.165) is 23.0 Å². The quantitative estimate of drug-likeness (QED) is 0.780. The maximum Gasteiger partial charge on any atom is 0.123 e. The van der Waals surface area contributed by atoms with Gasteiger partial charge < -0.3 is 5.32 Å². The molecule has 1 unspecified atom stereocenters. The Morgan fingerprint density at radius 3 is 2.52 bits per heavy atom. The van der Waals surface area contributed by atoms with Gasteiger partial charge in [0, 0.05) is 23.0 Å². The van der Waals surface area contributed by atoms with E-state index in [1.54, 1.807) is 12.1 Å². The molecule has 2 aromatic rings. The molecule has 0 amide bonds. The molecule has 1 atom stereocenters. The molecule has 1 N–H and O–H groups in total. The molecule has 3 heteroatoms. The van der Waals surface area contributed by atoms with E-state index in [1.165, 1.54) is 11.6 Å². The monoisotopic (exact) mass is 349 g/mol. The average molecular weight is 350 g/mol. The van der Waals surface area contributed by atoms with Crippen LogP contribution in [-0.4, -0.2) is 12.6 Å². The van der Waals surface area contributed by atoms with Crippen LogP contribution in [0.5, 0.6) is 0 Å². The first kappa shape index (κ1) is 16.2. The molecule has 2 rings (SSSR count). The molecule has 2 aromatic carbocycles. The summed E-state index contributed by atoms with van der Waals surface area (Å²) >= 11 is 3.60. The van der Waals surface area contributed by atoms with Gasteiger partial charge in [0.05, 0.1) is 0 Å². The van der Waals surface area contributed by atoms with E-state index < -0.39 is 0 Å². The fourth-order valence-electron chi connectivity index (χ4n) is 2.38. The van der Waals surface area contributed by atoms with Gasteiger partial charge in [0.15, 0.2) is 0 Å². The van der Waals surface area contributed by atoms with Gasteiger partial charge in [-0.2, -0.15) is 0 Å². The van der Waals surface area contributed by atoms with E-state index in [1.807, 2.05) is 24.3 Å². The topological polar surface area (TPSA) is 12.0 Å². The highest BCUT2D eigenvalue weighted by atomic mass is 79.9. The summed E-state index contributed by atoms with van der Waals surface area (Å²) in [4.78, 5) is 0. The molecule has 0 radical (unpaired) electrons. The third-order valence-corrected chi connectivity index (χ3v) is 4.29. The van der Waals surface area contributed by atoms with Crippen molar-refractivity contribution in [2.75, 3.05) is 6.54 Å².